The summed E-state index contributed by atoms with van der Waals surface area (Å²) in [5.74, 6) is -0.819. The molecule has 1 aliphatic heterocycles. The standard InChI is InChI=1S/C19H15Cl2F3N2O4/c20-12-2-4-16(30-18(28)26-5-7-29-8-6-26)13(10-12)17(27)25-15-3-1-11(9-14(15)21)19(22,23)24/h1-4,9-10H,5-8H2,(H,25,27). The summed E-state index contributed by atoms with van der Waals surface area (Å²) in [7, 11) is 0. The fourth-order valence-corrected chi connectivity index (χ4v) is 3.06. The normalized spacial score (nSPS) is 14.4. The highest BCUT2D eigenvalue weighted by molar-refractivity contribution is 6.34. The molecule has 0 radical (unpaired) electrons. The third-order valence-electron chi connectivity index (χ3n) is 4.20. The average Bonchev–Trinajstić information content (AvgIpc) is 2.70. The van der Waals surface area contributed by atoms with Gasteiger partial charge in [-0.2, -0.15) is 13.2 Å². The Morgan fingerprint density at radius 2 is 1.77 bits per heavy atom. The number of carbonyl (C=O) groups excluding carboxylic acids is 2. The summed E-state index contributed by atoms with van der Waals surface area (Å²) < 4.78 is 48.8. The Bertz CT molecular complexity index is 963. The first kappa shape index (κ1) is 22.2. The van der Waals surface area contributed by atoms with E-state index in [9.17, 15) is 22.8 Å². The van der Waals surface area contributed by atoms with Crippen LogP contribution < -0.4 is 10.1 Å². The monoisotopic (exact) mass is 462 g/mol. The molecule has 2 aromatic carbocycles. The van der Waals surface area contributed by atoms with Crippen LogP contribution in [-0.4, -0.2) is 43.2 Å². The number of amides is 2. The predicted octanol–water partition coefficient (Wildman–Crippen LogP) is 5.10. The van der Waals surface area contributed by atoms with Crippen LogP contribution in [0.1, 0.15) is 15.9 Å². The van der Waals surface area contributed by atoms with Crippen LogP contribution in [0.2, 0.25) is 10.0 Å². The molecule has 0 bridgehead atoms. The van der Waals surface area contributed by atoms with Crippen LogP contribution in [-0.2, 0) is 10.9 Å². The van der Waals surface area contributed by atoms with Gasteiger partial charge in [-0.1, -0.05) is 23.2 Å². The van der Waals surface area contributed by atoms with Gasteiger partial charge < -0.3 is 19.7 Å². The van der Waals surface area contributed by atoms with Gasteiger partial charge in [0.15, 0.2) is 0 Å². The van der Waals surface area contributed by atoms with E-state index in [1.807, 2.05) is 0 Å². The Kier molecular flexibility index (Phi) is 6.74. The van der Waals surface area contributed by atoms with Gasteiger partial charge in [0, 0.05) is 18.1 Å². The number of nitrogens with zero attached hydrogens (tertiary/aromatic N) is 1. The van der Waals surface area contributed by atoms with Crippen molar-refractivity contribution in [2.45, 2.75) is 6.18 Å². The third-order valence-corrected chi connectivity index (χ3v) is 4.75. The van der Waals surface area contributed by atoms with Crippen LogP contribution >= 0.6 is 23.2 Å². The number of carbonyl (C=O) groups is 2. The lowest BCUT2D eigenvalue weighted by molar-refractivity contribution is -0.137. The molecule has 1 heterocycles. The van der Waals surface area contributed by atoms with Crippen molar-refractivity contribution < 1.29 is 32.2 Å². The second kappa shape index (κ2) is 9.11. The number of anilines is 1. The highest BCUT2D eigenvalue weighted by atomic mass is 35.5. The highest BCUT2D eigenvalue weighted by Gasteiger charge is 2.31. The molecule has 3 rings (SSSR count). The van der Waals surface area contributed by atoms with E-state index >= 15 is 0 Å². The van der Waals surface area contributed by atoms with Gasteiger partial charge in [0.2, 0.25) is 0 Å². The van der Waals surface area contributed by atoms with Crippen LogP contribution in [0.3, 0.4) is 0 Å². The number of alkyl halides is 3. The lowest BCUT2D eigenvalue weighted by atomic mass is 10.1. The number of hydrogen-bond acceptors (Lipinski definition) is 4. The Hall–Kier alpha value is -2.49. The zero-order valence-corrected chi connectivity index (χ0v) is 16.8. The highest BCUT2D eigenvalue weighted by Crippen LogP contribution is 2.34. The van der Waals surface area contributed by atoms with E-state index in [-0.39, 0.29) is 27.0 Å². The van der Waals surface area contributed by atoms with E-state index in [1.54, 1.807) is 0 Å². The van der Waals surface area contributed by atoms with Gasteiger partial charge in [-0.05, 0) is 36.4 Å². The lowest BCUT2D eigenvalue weighted by Crippen LogP contribution is -2.42. The average molecular weight is 463 g/mol. The Labute approximate surface area is 179 Å². The molecule has 11 heteroatoms. The van der Waals surface area contributed by atoms with Crippen molar-refractivity contribution in [3.05, 3.63) is 57.6 Å². The van der Waals surface area contributed by atoms with Crippen molar-refractivity contribution >= 4 is 40.9 Å². The number of nitrogens with one attached hydrogen (secondary N) is 1. The topological polar surface area (TPSA) is 67.9 Å². The molecule has 0 atom stereocenters. The van der Waals surface area contributed by atoms with E-state index in [2.05, 4.69) is 5.32 Å². The summed E-state index contributed by atoms with van der Waals surface area (Å²) in [5, 5.41) is 2.30. The minimum atomic E-state index is -4.57. The van der Waals surface area contributed by atoms with Gasteiger partial charge in [0.25, 0.3) is 5.91 Å². The Morgan fingerprint density at radius 3 is 2.40 bits per heavy atom. The molecule has 1 N–H and O–H groups in total. The first-order valence-corrected chi connectivity index (χ1v) is 9.43. The minimum Gasteiger partial charge on any atom is -0.409 e. The van der Waals surface area contributed by atoms with Crippen molar-refractivity contribution in [2.75, 3.05) is 31.6 Å². The fraction of sp³-hybridized carbons (Fsp3) is 0.263. The third kappa shape index (κ3) is 5.35. The summed E-state index contributed by atoms with van der Waals surface area (Å²) in [6, 6.07) is 6.59. The molecule has 6 nitrogen and oxygen atoms in total. The van der Waals surface area contributed by atoms with Crippen molar-refractivity contribution in [1.82, 2.24) is 4.90 Å². The molecule has 160 valence electrons. The van der Waals surface area contributed by atoms with Gasteiger partial charge in [-0.15, -0.1) is 0 Å². The minimum absolute atomic E-state index is 0.0416. The number of hydrogen-bond donors (Lipinski definition) is 1. The maximum Gasteiger partial charge on any atom is 0.416 e. The SMILES string of the molecule is O=C(Nc1ccc(C(F)(F)F)cc1Cl)c1cc(Cl)ccc1OC(=O)N1CCOCC1. The number of morpholine rings is 1. The van der Waals surface area contributed by atoms with E-state index < -0.39 is 23.7 Å². The quantitative estimate of drug-likeness (QED) is 0.689. The summed E-state index contributed by atoms with van der Waals surface area (Å²) in [5.41, 5.74) is -1.08. The molecule has 2 aromatic rings. The molecule has 0 aromatic heterocycles. The fourth-order valence-electron chi connectivity index (χ4n) is 2.66. The first-order chi connectivity index (χ1) is 14.1. The molecule has 1 aliphatic rings. The molecule has 30 heavy (non-hydrogen) atoms. The van der Waals surface area contributed by atoms with Gasteiger partial charge in [-0.25, -0.2) is 4.79 Å². The first-order valence-electron chi connectivity index (χ1n) is 8.67. The molecule has 0 spiro atoms. The maximum atomic E-state index is 12.8. The Morgan fingerprint density at radius 1 is 1.07 bits per heavy atom. The number of benzene rings is 2. The van der Waals surface area contributed by atoms with Crippen molar-refractivity contribution in [3.8, 4) is 5.75 Å². The van der Waals surface area contributed by atoms with E-state index in [0.717, 1.165) is 12.1 Å². The van der Waals surface area contributed by atoms with Gasteiger partial charge in [0.1, 0.15) is 5.75 Å². The van der Waals surface area contributed by atoms with Gasteiger partial charge in [0.05, 0.1) is 35.1 Å². The van der Waals surface area contributed by atoms with E-state index in [4.69, 9.17) is 32.7 Å². The van der Waals surface area contributed by atoms with Gasteiger partial charge >= 0.3 is 12.3 Å². The smallest absolute Gasteiger partial charge is 0.409 e. The number of rotatable bonds is 3. The summed E-state index contributed by atoms with van der Waals surface area (Å²) in [6.45, 7) is 1.43. The molecule has 1 fully saturated rings. The largest absolute Gasteiger partial charge is 0.416 e. The summed E-state index contributed by atoms with van der Waals surface area (Å²) in [4.78, 5) is 26.5. The van der Waals surface area contributed by atoms with E-state index in [1.165, 1.54) is 23.1 Å². The zero-order chi connectivity index (χ0) is 21.9. The molecular weight excluding hydrogens is 448 g/mol. The van der Waals surface area contributed by atoms with Crippen LogP contribution in [0.25, 0.3) is 0 Å². The summed E-state index contributed by atoms with van der Waals surface area (Å²) >= 11 is 11.8. The summed E-state index contributed by atoms with van der Waals surface area (Å²) in [6.07, 6.45) is -5.23. The van der Waals surface area contributed by atoms with Crippen LogP contribution in [0.5, 0.6) is 5.75 Å². The molecule has 0 unspecified atom stereocenters. The number of ether oxygens (including phenoxy) is 2. The zero-order valence-electron chi connectivity index (χ0n) is 15.3. The predicted molar refractivity (Wildman–Crippen MR) is 104 cm³/mol. The Balaban J connectivity index is 1.80. The van der Waals surface area contributed by atoms with Crippen LogP contribution in [0, 0.1) is 0 Å². The molecule has 1 saturated heterocycles. The second-order valence-electron chi connectivity index (χ2n) is 6.25. The lowest BCUT2D eigenvalue weighted by Gasteiger charge is -2.26. The molecule has 0 aliphatic carbocycles. The van der Waals surface area contributed by atoms with E-state index in [0.29, 0.717) is 32.4 Å². The van der Waals surface area contributed by atoms with Crippen molar-refractivity contribution in [1.29, 1.82) is 0 Å². The molecule has 2 amide bonds. The van der Waals surface area contributed by atoms with Gasteiger partial charge in [-0.3, -0.25) is 4.79 Å². The molecule has 0 saturated carbocycles. The van der Waals surface area contributed by atoms with Crippen LogP contribution in [0.15, 0.2) is 36.4 Å². The van der Waals surface area contributed by atoms with Crippen molar-refractivity contribution in [3.63, 3.8) is 0 Å². The number of halogens is 5. The molecular formula is C19H15Cl2F3N2O4. The maximum absolute atomic E-state index is 12.8. The second-order valence-corrected chi connectivity index (χ2v) is 7.10. The van der Waals surface area contributed by atoms with Crippen molar-refractivity contribution in [2.24, 2.45) is 0 Å². The van der Waals surface area contributed by atoms with Crippen LogP contribution in [0.4, 0.5) is 23.7 Å².